The smallest absolute Gasteiger partial charge is 0.191 e. The van der Waals surface area contributed by atoms with Crippen molar-refractivity contribution in [2.75, 3.05) is 46.6 Å². The van der Waals surface area contributed by atoms with Gasteiger partial charge < -0.3 is 20.1 Å². The lowest BCUT2D eigenvalue weighted by atomic mass is 10.1. The molecule has 6 nitrogen and oxygen atoms in total. The fourth-order valence-electron chi connectivity index (χ4n) is 3.81. The van der Waals surface area contributed by atoms with Crippen LogP contribution in [0.4, 0.5) is 0 Å². The molecule has 0 spiro atoms. The number of nitrogens with one attached hydrogen (secondary N) is 2. The van der Waals surface area contributed by atoms with Crippen molar-refractivity contribution in [3.63, 3.8) is 0 Å². The van der Waals surface area contributed by atoms with Gasteiger partial charge in [0.25, 0.3) is 0 Å². The Morgan fingerprint density at radius 2 is 2.16 bits per heavy atom. The summed E-state index contributed by atoms with van der Waals surface area (Å²) in [6.07, 6.45) is 6.13. The summed E-state index contributed by atoms with van der Waals surface area (Å²) in [5.41, 5.74) is 0. The molecule has 0 aromatic carbocycles. The summed E-state index contributed by atoms with van der Waals surface area (Å²) in [4.78, 5) is 7.02. The molecule has 2 heterocycles. The lowest BCUT2D eigenvalue weighted by molar-refractivity contribution is 0.0888. The number of nitrogens with zero attached hydrogens (tertiary/aromatic N) is 2. The first-order chi connectivity index (χ1) is 11.8. The largest absolute Gasteiger partial charge is 0.381 e. The third kappa shape index (κ3) is 6.84. The molecule has 146 valence electrons. The van der Waals surface area contributed by atoms with Gasteiger partial charge in [0.05, 0.1) is 13.2 Å². The van der Waals surface area contributed by atoms with E-state index in [-0.39, 0.29) is 24.0 Å². The molecule has 0 aromatic heterocycles. The lowest BCUT2D eigenvalue weighted by Gasteiger charge is -2.20. The maximum atomic E-state index is 5.74. The molecule has 2 saturated heterocycles. The number of hydrogen-bond acceptors (Lipinski definition) is 4. The molecule has 7 heteroatoms. The Hall–Kier alpha value is -0.120. The average Bonchev–Trinajstić information content (AvgIpc) is 3.16. The van der Waals surface area contributed by atoms with E-state index in [1.54, 1.807) is 0 Å². The van der Waals surface area contributed by atoms with Crippen molar-refractivity contribution in [3.8, 4) is 0 Å². The Kier molecular flexibility index (Phi) is 9.23. The zero-order chi connectivity index (χ0) is 16.8. The summed E-state index contributed by atoms with van der Waals surface area (Å²) < 4.78 is 11.1. The molecular formula is C18H35IN4O2. The van der Waals surface area contributed by atoms with Crippen LogP contribution in [0.15, 0.2) is 4.99 Å². The number of halogens is 1. The molecule has 3 aliphatic rings. The van der Waals surface area contributed by atoms with E-state index in [0.717, 1.165) is 64.4 Å². The molecule has 3 unspecified atom stereocenters. The van der Waals surface area contributed by atoms with Crippen LogP contribution in [0, 0.1) is 5.92 Å². The Morgan fingerprint density at radius 1 is 1.32 bits per heavy atom. The van der Waals surface area contributed by atoms with Gasteiger partial charge in [-0.3, -0.25) is 9.89 Å². The van der Waals surface area contributed by atoms with Crippen LogP contribution in [0.5, 0.6) is 0 Å². The summed E-state index contributed by atoms with van der Waals surface area (Å²) in [5.74, 6) is 1.53. The van der Waals surface area contributed by atoms with E-state index < -0.39 is 0 Å². The minimum Gasteiger partial charge on any atom is -0.381 e. The first-order valence-electron chi connectivity index (χ1n) is 9.64. The van der Waals surface area contributed by atoms with Crippen LogP contribution in [0.3, 0.4) is 0 Å². The van der Waals surface area contributed by atoms with Crippen molar-refractivity contribution in [2.45, 2.75) is 57.2 Å². The van der Waals surface area contributed by atoms with Gasteiger partial charge in [0, 0.05) is 57.4 Å². The van der Waals surface area contributed by atoms with Gasteiger partial charge >= 0.3 is 0 Å². The minimum atomic E-state index is 0. The Balaban J connectivity index is 0.00000225. The van der Waals surface area contributed by atoms with E-state index >= 15 is 0 Å². The van der Waals surface area contributed by atoms with E-state index in [4.69, 9.17) is 9.47 Å². The van der Waals surface area contributed by atoms with Crippen molar-refractivity contribution in [2.24, 2.45) is 10.9 Å². The van der Waals surface area contributed by atoms with Crippen molar-refractivity contribution in [1.29, 1.82) is 0 Å². The number of likely N-dealkylation sites (tertiary alicyclic amines) is 1. The summed E-state index contributed by atoms with van der Waals surface area (Å²) in [6.45, 7) is 7.81. The summed E-state index contributed by atoms with van der Waals surface area (Å²) in [7, 11) is 1.85. The van der Waals surface area contributed by atoms with Gasteiger partial charge in [0.15, 0.2) is 5.96 Å². The molecule has 2 aliphatic heterocycles. The second-order valence-corrected chi connectivity index (χ2v) is 7.51. The van der Waals surface area contributed by atoms with Crippen molar-refractivity contribution in [3.05, 3.63) is 0 Å². The van der Waals surface area contributed by atoms with Crippen molar-refractivity contribution in [1.82, 2.24) is 15.5 Å². The van der Waals surface area contributed by atoms with Gasteiger partial charge in [-0.25, -0.2) is 0 Å². The topological polar surface area (TPSA) is 58.1 Å². The van der Waals surface area contributed by atoms with Crippen molar-refractivity contribution >= 4 is 29.9 Å². The highest BCUT2D eigenvalue weighted by atomic mass is 127. The van der Waals surface area contributed by atoms with E-state index in [1.165, 1.54) is 19.3 Å². The van der Waals surface area contributed by atoms with Gasteiger partial charge in [-0.15, -0.1) is 24.0 Å². The second kappa shape index (κ2) is 10.9. The summed E-state index contributed by atoms with van der Waals surface area (Å²) in [6, 6.07) is 2.07. The van der Waals surface area contributed by atoms with Crippen LogP contribution in [-0.4, -0.2) is 75.5 Å². The third-order valence-corrected chi connectivity index (χ3v) is 5.34. The number of aliphatic imine (C=N–C) groups is 1. The number of ether oxygens (including phenoxy) is 2. The summed E-state index contributed by atoms with van der Waals surface area (Å²) >= 11 is 0. The first-order valence-corrected chi connectivity index (χ1v) is 9.64. The van der Waals surface area contributed by atoms with Gasteiger partial charge in [0.2, 0.25) is 0 Å². The number of hydrogen-bond donors (Lipinski definition) is 2. The van der Waals surface area contributed by atoms with E-state index in [1.807, 2.05) is 7.05 Å². The molecule has 3 rings (SSSR count). The van der Waals surface area contributed by atoms with Gasteiger partial charge in [-0.2, -0.15) is 0 Å². The maximum Gasteiger partial charge on any atom is 0.191 e. The van der Waals surface area contributed by atoms with Crippen LogP contribution in [0.25, 0.3) is 0 Å². The summed E-state index contributed by atoms with van der Waals surface area (Å²) in [5, 5.41) is 7.00. The van der Waals surface area contributed by atoms with Gasteiger partial charge in [-0.05, 0) is 39.0 Å². The van der Waals surface area contributed by atoms with Crippen LogP contribution < -0.4 is 10.6 Å². The lowest BCUT2D eigenvalue weighted by Crippen LogP contribution is -2.45. The highest BCUT2D eigenvalue weighted by Gasteiger charge is 2.38. The molecule has 1 aliphatic carbocycles. The standard InChI is InChI=1S/C18H34N4O2.HI/c1-14-10-16(11-22(14)17-4-5-17)21-18(19-2)20-7-3-8-23-12-15-6-9-24-13-15;/h14-17H,3-13H2,1-2H3,(H2,19,20,21);1H. The molecule has 1 saturated carbocycles. The Labute approximate surface area is 169 Å². The molecule has 3 fully saturated rings. The number of rotatable bonds is 8. The monoisotopic (exact) mass is 466 g/mol. The highest BCUT2D eigenvalue weighted by Crippen LogP contribution is 2.33. The zero-order valence-electron chi connectivity index (χ0n) is 15.7. The molecule has 0 bridgehead atoms. The quantitative estimate of drug-likeness (QED) is 0.248. The fourth-order valence-corrected chi connectivity index (χ4v) is 3.81. The van der Waals surface area contributed by atoms with E-state index in [9.17, 15) is 0 Å². The zero-order valence-corrected chi connectivity index (χ0v) is 18.0. The third-order valence-electron chi connectivity index (χ3n) is 5.34. The molecule has 25 heavy (non-hydrogen) atoms. The Bertz CT molecular complexity index is 414. The Morgan fingerprint density at radius 3 is 2.84 bits per heavy atom. The SMILES string of the molecule is CN=C(NCCCOCC1CCOC1)NC1CC(C)N(C2CC2)C1.I. The molecule has 0 aromatic rings. The molecule has 0 radical (unpaired) electrons. The van der Waals surface area contributed by atoms with Gasteiger partial charge in [0.1, 0.15) is 0 Å². The fraction of sp³-hybridized carbons (Fsp3) is 0.944. The molecule has 3 atom stereocenters. The average molecular weight is 466 g/mol. The van der Waals surface area contributed by atoms with Crippen molar-refractivity contribution < 1.29 is 9.47 Å². The van der Waals surface area contributed by atoms with Crippen LogP contribution in [0.1, 0.15) is 39.0 Å². The van der Waals surface area contributed by atoms with Crippen LogP contribution >= 0.6 is 24.0 Å². The predicted molar refractivity (Wildman–Crippen MR) is 112 cm³/mol. The highest BCUT2D eigenvalue weighted by molar-refractivity contribution is 14.0. The number of guanidine groups is 1. The molecular weight excluding hydrogens is 431 g/mol. The molecule has 0 amide bonds. The minimum absolute atomic E-state index is 0. The normalized spacial score (nSPS) is 30.3. The second-order valence-electron chi connectivity index (χ2n) is 7.51. The maximum absolute atomic E-state index is 5.74. The van der Waals surface area contributed by atoms with E-state index in [0.29, 0.717) is 18.0 Å². The van der Waals surface area contributed by atoms with Gasteiger partial charge in [-0.1, -0.05) is 0 Å². The predicted octanol–water partition coefficient (Wildman–Crippen LogP) is 1.84. The van der Waals surface area contributed by atoms with Crippen LogP contribution in [-0.2, 0) is 9.47 Å². The van der Waals surface area contributed by atoms with Crippen LogP contribution in [0.2, 0.25) is 0 Å². The molecule has 2 N–H and O–H groups in total. The first kappa shape index (κ1) is 21.2. The van der Waals surface area contributed by atoms with E-state index in [2.05, 4.69) is 27.4 Å².